The van der Waals surface area contributed by atoms with Crippen molar-refractivity contribution in [3.8, 4) is 0 Å². The second-order valence-electron chi connectivity index (χ2n) is 9.43. The minimum atomic E-state index is -1.85. The lowest BCUT2D eigenvalue weighted by molar-refractivity contribution is -0.152. The van der Waals surface area contributed by atoms with Gasteiger partial charge in [0.05, 0.1) is 5.92 Å². The third-order valence-electron chi connectivity index (χ3n) is 6.24. The van der Waals surface area contributed by atoms with Gasteiger partial charge in [0.2, 0.25) is 17.7 Å². The van der Waals surface area contributed by atoms with Gasteiger partial charge in [0, 0.05) is 19.3 Å². The van der Waals surface area contributed by atoms with Crippen molar-refractivity contribution >= 4 is 29.7 Å². The first-order chi connectivity index (χ1) is 16.5. The summed E-state index contributed by atoms with van der Waals surface area (Å²) in [5, 5.41) is 22.2. The number of amides is 3. The predicted molar refractivity (Wildman–Crippen MR) is 132 cm³/mol. The number of unbranched alkanes of at least 4 members (excludes halogenated alkanes) is 8. The molecule has 0 aliphatic carbocycles. The maximum absolute atomic E-state index is 12.6. The van der Waals surface area contributed by atoms with Gasteiger partial charge in [-0.05, 0) is 38.5 Å². The summed E-state index contributed by atoms with van der Waals surface area (Å²) in [5.41, 5.74) is 8.44. The molecule has 2 atom stereocenters. The van der Waals surface area contributed by atoms with Crippen molar-refractivity contribution in [1.29, 1.82) is 0 Å². The Morgan fingerprint density at radius 3 is 1.74 bits per heavy atom. The van der Waals surface area contributed by atoms with Gasteiger partial charge in [0.15, 0.2) is 0 Å². The van der Waals surface area contributed by atoms with E-state index in [0.717, 1.165) is 19.3 Å². The summed E-state index contributed by atoms with van der Waals surface area (Å²) in [6.07, 6.45) is 9.51. The highest BCUT2D eigenvalue weighted by Crippen LogP contribution is 2.28. The molecule has 0 saturated carbocycles. The van der Waals surface area contributed by atoms with Gasteiger partial charge < -0.3 is 27.0 Å². The molecule has 0 aliphatic rings. The van der Waals surface area contributed by atoms with Crippen LogP contribution in [-0.4, -0.2) is 45.4 Å². The number of nitrogens with two attached hydrogens (primary N) is 2. The molecule has 202 valence electrons. The molecule has 0 bridgehead atoms. The first-order valence-electron chi connectivity index (χ1n) is 12.9. The minimum Gasteiger partial charge on any atom is -0.481 e. The molecule has 0 aromatic heterocycles. The van der Waals surface area contributed by atoms with Crippen LogP contribution in [0.2, 0.25) is 0 Å². The molecule has 0 aromatic rings. The molecule has 7 N–H and O–H groups in total. The second-order valence-corrected chi connectivity index (χ2v) is 9.43. The molecule has 1 unspecified atom stereocenters. The van der Waals surface area contributed by atoms with E-state index in [2.05, 4.69) is 12.2 Å². The highest BCUT2D eigenvalue weighted by molar-refractivity contribution is 5.88. The number of hydrogen-bond acceptors (Lipinski definition) is 5. The van der Waals surface area contributed by atoms with E-state index in [9.17, 15) is 34.2 Å². The fraction of sp³-hybridized carbons (Fsp3) is 0.800. The second kappa shape index (κ2) is 18.6. The molecule has 0 fully saturated rings. The average molecular weight is 500 g/mol. The van der Waals surface area contributed by atoms with Gasteiger partial charge in [-0.1, -0.05) is 58.3 Å². The summed E-state index contributed by atoms with van der Waals surface area (Å²) in [4.78, 5) is 58.9. The Balaban J connectivity index is 5.06. The highest BCUT2D eigenvalue weighted by Gasteiger charge is 2.43. The van der Waals surface area contributed by atoms with E-state index < -0.39 is 41.1 Å². The minimum absolute atomic E-state index is 0.0174. The van der Waals surface area contributed by atoms with Crippen LogP contribution in [0.5, 0.6) is 0 Å². The third-order valence-corrected chi connectivity index (χ3v) is 6.24. The van der Waals surface area contributed by atoms with Gasteiger partial charge >= 0.3 is 11.9 Å². The Morgan fingerprint density at radius 2 is 1.26 bits per heavy atom. The van der Waals surface area contributed by atoms with Crippen LogP contribution in [0, 0.1) is 5.92 Å². The molecular formula is C25H45N3O7. The van der Waals surface area contributed by atoms with Gasteiger partial charge in [-0.2, -0.15) is 0 Å². The molecular weight excluding hydrogens is 454 g/mol. The van der Waals surface area contributed by atoms with E-state index in [1.165, 1.54) is 32.1 Å². The smallest absolute Gasteiger partial charge is 0.329 e. The summed E-state index contributed by atoms with van der Waals surface area (Å²) >= 11 is 0. The number of carbonyl (C=O) groups is 5. The number of hydrogen-bond donors (Lipinski definition) is 5. The van der Waals surface area contributed by atoms with Gasteiger partial charge in [0.1, 0.15) is 5.54 Å². The fourth-order valence-corrected chi connectivity index (χ4v) is 4.21. The van der Waals surface area contributed by atoms with Crippen LogP contribution < -0.4 is 16.8 Å². The number of nitrogens with one attached hydrogen (secondary N) is 1. The van der Waals surface area contributed by atoms with E-state index in [0.29, 0.717) is 6.42 Å². The van der Waals surface area contributed by atoms with Crippen molar-refractivity contribution in [2.45, 2.75) is 122 Å². The predicted octanol–water partition coefficient (Wildman–Crippen LogP) is 3.25. The Hall–Kier alpha value is -2.65. The summed E-state index contributed by atoms with van der Waals surface area (Å²) in [6, 6.07) is 0. The number of aliphatic carboxylic acids is 2. The lowest BCUT2D eigenvalue weighted by Crippen LogP contribution is -2.56. The molecule has 0 heterocycles. The SMILES string of the molecule is CCCCCCCCCCCC(=O)N[C@@](CCCC(N)=O)(CC(CCCC(N)=O)C(=O)O)C(=O)O. The summed E-state index contributed by atoms with van der Waals surface area (Å²) < 4.78 is 0. The summed E-state index contributed by atoms with van der Waals surface area (Å²) in [7, 11) is 0. The topological polar surface area (TPSA) is 190 Å². The molecule has 0 saturated heterocycles. The van der Waals surface area contributed by atoms with Crippen molar-refractivity contribution in [1.82, 2.24) is 5.32 Å². The third kappa shape index (κ3) is 15.8. The van der Waals surface area contributed by atoms with Crippen LogP contribution in [0.25, 0.3) is 0 Å². The highest BCUT2D eigenvalue weighted by atomic mass is 16.4. The molecule has 0 aromatic carbocycles. The average Bonchev–Trinajstić information content (AvgIpc) is 2.76. The van der Waals surface area contributed by atoms with Crippen LogP contribution in [0.4, 0.5) is 0 Å². The van der Waals surface area contributed by atoms with Crippen LogP contribution in [0.3, 0.4) is 0 Å². The van der Waals surface area contributed by atoms with E-state index in [-0.39, 0.29) is 51.4 Å². The largest absolute Gasteiger partial charge is 0.481 e. The number of carbonyl (C=O) groups excluding carboxylic acids is 3. The van der Waals surface area contributed by atoms with Gasteiger partial charge in [-0.3, -0.25) is 19.2 Å². The first-order valence-corrected chi connectivity index (χ1v) is 12.9. The Bertz CT molecular complexity index is 684. The maximum atomic E-state index is 12.6. The van der Waals surface area contributed by atoms with Crippen molar-refractivity contribution in [2.75, 3.05) is 0 Å². The van der Waals surface area contributed by atoms with E-state index in [4.69, 9.17) is 11.5 Å². The zero-order chi connectivity index (χ0) is 26.7. The molecule has 10 heteroatoms. The molecule has 10 nitrogen and oxygen atoms in total. The van der Waals surface area contributed by atoms with Crippen molar-refractivity contribution < 1.29 is 34.2 Å². The number of carboxylic acid groups (broad SMARTS) is 2. The fourth-order valence-electron chi connectivity index (χ4n) is 4.21. The zero-order valence-corrected chi connectivity index (χ0v) is 21.2. The first kappa shape index (κ1) is 32.4. The molecule has 0 radical (unpaired) electrons. The van der Waals surface area contributed by atoms with Gasteiger partial charge in [0.25, 0.3) is 0 Å². The molecule has 0 aliphatic heterocycles. The quantitative estimate of drug-likeness (QED) is 0.133. The standard InChI is InChI=1S/C25H45N3O7/c1-2-3-4-5-6-7-8-9-10-16-22(31)28-25(24(34)35,17-12-15-21(27)30)18-19(23(32)33)13-11-14-20(26)29/h19H,2-18H2,1H3,(H2,26,29)(H2,27,30)(H,28,31)(H,32,33)(H,34,35)/t19?,25-/m0/s1. The Labute approximate surface area is 208 Å². The van der Waals surface area contributed by atoms with Crippen LogP contribution in [0.1, 0.15) is 116 Å². The van der Waals surface area contributed by atoms with Crippen LogP contribution in [0.15, 0.2) is 0 Å². The molecule has 0 rings (SSSR count). The molecule has 35 heavy (non-hydrogen) atoms. The number of carboxylic acids is 2. The van der Waals surface area contributed by atoms with Crippen molar-refractivity contribution in [3.05, 3.63) is 0 Å². The monoisotopic (exact) mass is 499 g/mol. The van der Waals surface area contributed by atoms with Crippen LogP contribution >= 0.6 is 0 Å². The summed E-state index contributed by atoms with van der Waals surface area (Å²) in [5.74, 6) is -5.33. The summed E-state index contributed by atoms with van der Waals surface area (Å²) in [6.45, 7) is 2.17. The Kier molecular flexibility index (Phi) is 17.2. The Morgan fingerprint density at radius 1 is 0.743 bits per heavy atom. The van der Waals surface area contributed by atoms with Crippen molar-refractivity contribution in [3.63, 3.8) is 0 Å². The maximum Gasteiger partial charge on any atom is 0.329 e. The van der Waals surface area contributed by atoms with Crippen LogP contribution in [-0.2, 0) is 24.0 Å². The van der Waals surface area contributed by atoms with Gasteiger partial charge in [-0.15, -0.1) is 0 Å². The number of primary amides is 2. The van der Waals surface area contributed by atoms with Crippen molar-refractivity contribution in [2.24, 2.45) is 17.4 Å². The van der Waals surface area contributed by atoms with Gasteiger partial charge in [-0.25, -0.2) is 4.79 Å². The number of rotatable bonds is 23. The zero-order valence-electron chi connectivity index (χ0n) is 21.2. The molecule has 0 spiro atoms. The lowest BCUT2D eigenvalue weighted by atomic mass is 9.80. The lowest BCUT2D eigenvalue weighted by Gasteiger charge is -2.33. The van der Waals surface area contributed by atoms with E-state index in [1.807, 2.05) is 0 Å². The van der Waals surface area contributed by atoms with E-state index >= 15 is 0 Å². The van der Waals surface area contributed by atoms with E-state index in [1.54, 1.807) is 0 Å². The normalized spacial score (nSPS) is 13.5. The molecule has 3 amide bonds.